The molecule has 1 atom stereocenters. The number of rotatable bonds is 9. The summed E-state index contributed by atoms with van der Waals surface area (Å²) in [6.07, 6.45) is 2.43. The van der Waals surface area contributed by atoms with Crippen LogP contribution in [0, 0.1) is 5.92 Å². The maximum absolute atomic E-state index is 12.8. The Kier molecular flexibility index (Phi) is 8.88. The van der Waals surface area contributed by atoms with E-state index in [0.717, 1.165) is 5.56 Å². The highest BCUT2D eigenvalue weighted by molar-refractivity contribution is 7.89. The van der Waals surface area contributed by atoms with Crippen LogP contribution in [0.1, 0.15) is 42.1 Å². The van der Waals surface area contributed by atoms with Crippen LogP contribution < -0.4 is 5.32 Å². The largest absolute Gasteiger partial charge is 0.462 e. The minimum Gasteiger partial charge on any atom is -0.462 e. The molecule has 0 aromatic heterocycles. The first-order valence-corrected chi connectivity index (χ1v) is 13.1. The Labute approximate surface area is 200 Å². The van der Waals surface area contributed by atoms with Crippen LogP contribution in [0.25, 0.3) is 0 Å². The molecule has 0 spiro atoms. The van der Waals surface area contributed by atoms with Gasteiger partial charge in [-0.05, 0) is 56.4 Å². The molecule has 1 aliphatic heterocycles. The number of carbonyl (C=O) groups is 2. The molecule has 1 aliphatic rings. The molecular weight excluding hydrogens is 464 g/mol. The van der Waals surface area contributed by atoms with Crippen molar-refractivity contribution in [1.29, 1.82) is 0 Å². The number of carbonyl (C=O) groups excluding carboxylic acids is 2. The van der Waals surface area contributed by atoms with Gasteiger partial charge in [0.1, 0.15) is 0 Å². The van der Waals surface area contributed by atoms with Crippen LogP contribution in [0.4, 0.5) is 5.69 Å². The van der Waals surface area contributed by atoms with Crippen molar-refractivity contribution in [2.24, 2.45) is 5.92 Å². The number of halogens is 1. The molecule has 9 heteroatoms. The van der Waals surface area contributed by atoms with Crippen molar-refractivity contribution in [3.8, 4) is 0 Å². The molecule has 1 unspecified atom stereocenters. The summed E-state index contributed by atoms with van der Waals surface area (Å²) in [4.78, 5) is 24.9. The number of esters is 1. The number of nitrogens with zero attached hydrogens (tertiary/aromatic N) is 1. The number of aryl methyl sites for hydroxylation is 1. The highest BCUT2D eigenvalue weighted by atomic mass is 35.5. The van der Waals surface area contributed by atoms with Crippen molar-refractivity contribution < 1.29 is 22.7 Å². The van der Waals surface area contributed by atoms with Crippen molar-refractivity contribution >= 4 is 39.2 Å². The smallest absolute Gasteiger partial charge is 0.339 e. The molecule has 2 aromatic rings. The molecule has 0 radical (unpaired) electrons. The van der Waals surface area contributed by atoms with E-state index in [1.807, 2.05) is 30.3 Å². The second kappa shape index (κ2) is 11.6. The van der Waals surface area contributed by atoms with Crippen molar-refractivity contribution in [1.82, 2.24) is 4.31 Å². The van der Waals surface area contributed by atoms with Crippen LogP contribution in [0.2, 0.25) is 5.02 Å². The second-order valence-corrected chi connectivity index (χ2v) is 10.5. The highest BCUT2D eigenvalue weighted by Gasteiger charge is 2.32. The molecule has 0 saturated carbocycles. The highest BCUT2D eigenvalue weighted by Crippen LogP contribution is 2.25. The van der Waals surface area contributed by atoms with E-state index in [2.05, 4.69) is 5.32 Å². The average Bonchev–Trinajstić information content (AvgIpc) is 2.81. The Hall–Kier alpha value is -2.42. The number of hydrogen-bond donors (Lipinski definition) is 1. The van der Waals surface area contributed by atoms with E-state index in [4.69, 9.17) is 16.3 Å². The lowest BCUT2D eigenvalue weighted by Gasteiger charge is -2.31. The van der Waals surface area contributed by atoms with Gasteiger partial charge in [0.05, 0.1) is 28.9 Å². The van der Waals surface area contributed by atoms with Gasteiger partial charge in [0, 0.05) is 18.8 Å². The number of hydrogen-bond acceptors (Lipinski definition) is 5. The summed E-state index contributed by atoms with van der Waals surface area (Å²) >= 11 is 6.08. The SMILES string of the molecule is CCOC(=O)c1cc(NC(=O)C2CCCN(S(=O)(=O)CCCc3ccccc3)C2)ccc1Cl. The van der Waals surface area contributed by atoms with E-state index < -0.39 is 21.9 Å². The fourth-order valence-electron chi connectivity index (χ4n) is 3.85. The zero-order valence-electron chi connectivity index (χ0n) is 18.6. The van der Waals surface area contributed by atoms with Crippen LogP contribution >= 0.6 is 11.6 Å². The van der Waals surface area contributed by atoms with Crippen LogP contribution in [-0.4, -0.2) is 50.0 Å². The van der Waals surface area contributed by atoms with Crippen molar-refractivity contribution in [2.75, 3.05) is 30.8 Å². The minimum atomic E-state index is -3.45. The summed E-state index contributed by atoms with van der Waals surface area (Å²) in [5, 5.41) is 3.02. The summed E-state index contributed by atoms with van der Waals surface area (Å²) in [6.45, 7) is 2.48. The number of benzene rings is 2. The number of anilines is 1. The molecular formula is C24H29ClN2O5S. The van der Waals surface area contributed by atoms with Gasteiger partial charge in [0.15, 0.2) is 0 Å². The monoisotopic (exact) mass is 492 g/mol. The Balaban J connectivity index is 1.58. The summed E-state index contributed by atoms with van der Waals surface area (Å²) < 4.78 is 32.1. The molecule has 0 aliphatic carbocycles. The molecule has 7 nitrogen and oxygen atoms in total. The van der Waals surface area contributed by atoms with E-state index in [0.29, 0.717) is 37.9 Å². The maximum atomic E-state index is 12.8. The topological polar surface area (TPSA) is 92.8 Å². The number of nitrogens with one attached hydrogen (secondary N) is 1. The first-order chi connectivity index (χ1) is 15.8. The molecule has 3 rings (SSSR count). The average molecular weight is 493 g/mol. The number of ether oxygens (including phenoxy) is 1. The van der Waals surface area contributed by atoms with Gasteiger partial charge in [-0.3, -0.25) is 4.79 Å². The van der Waals surface area contributed by atoms with Crippen molar-refractivity contribution in [3.05, 3.63) is 64.7 Å². The lowest BCUT2D eigenvalue weighted by molar-refractivity contribution is -0.120. The van der Waals surface area contributed by atoms with Crippen LogP contribution in [0.5, 0.6) is 0 Å². The third-order valence-electron chi connectivity index (χ3n) is 5.59. The van der Waals surface area contributed by atoms with E-state index in [-0.39, 0.29) is 35.4 Å². The van der Waals surface area contributed by atoms with Gasteiger partial charge in [-0.2, -0.15) is 0 Å². The summed E-state index contributed by atoms with van der Waals surface area (Å²) in [6, 6.07) is 14.4. The predicted octanol–water partition coefficient (Wildman–Crippen LogP) is 4.13. The normalized spacial score (nSPS) is 16.8. The fraction of sp³-hybridized carbons (Fsp3) is 0.417. The Morgan fingerprint density at radius 1 is 1.18 bits per heavy atom. The Bertz CT molecular complexity index is 1080. The third-order valence-corrected chi connectivity index (χ3v) is 7.84. The summed E-state index contributed by atoms with van der Waals surface area (Å²) in [5.41, 5.74) is 1.69. The maximum Gasteiger partial charge on any atom is 0.339 e. The van der Waals surface area contributed by atoms with Gasteiger partial charge in [-0.1, -0.05) is 41.9 Å². The number of amides is 1. The molecule has 1 amide bonds. The zero-order valence-corrected chi connectivity index (χ0v) is 20.2. The van der Waals surface area contributed by atoms with E-state index in [9.17, 15) is 18.0 Å². The van der Waals surface area contributed by atoms with Crippen molar-refractivity contribution in [2.45, 2.75) is 32.6 Å². The Morgan fingerprint density at radius 3 is 2.67 bits per heavy atom. The number of piperidine rings is 1. The lowest BCUT2D eigenvalue weighted by atomic mass is 9.98. The molecule has 1 fully saturated rings. The third kappa shape index (κ3) is 7.03. The molecule has 0 bridgehead atoms. The predicted molar refractivity (Wildman–Crippen MR) is 129 cm³/mol. The van der Waals surface area contributed by atoms with E-state index >= 15 is 0 Å². The van der Waals surface area contributed by atoms with Gasteiger partial charge in [0.2, 0.25) is 15.9 Å². The van der Waals surface area contributed by atoms with E-state index in [1.54, 1.807) is 13.0 Å². The first kappa shape index (κ1) is 25.2. The summed E-state index contributed by atoms with van der Waals surface area (Å²) in [7, 11) is -3.45. The quantitative estimate of drug-likeness (QED) is 0.531. The van der Waals surface area contributed by atoms with Gasteiger partial charge < -0.3 is 10.1 Å². The first-order valence-electron chi connectivity index (χ1n) is 11.1. The second-order valence-electron chi connectivity index (χ2n) is 8.01. The van der Waals surface area contributed by atoms with E-state index in [1.165, 1.54) is 16.4 Å². The van der Waals surface area contributed by atoms with Crippen molar-refractivity contribution in [3.63, 3.8) is 0 Å². The van der Waals surface area contributed by atoms with Gasteiger partial charge in [0.25, 0.3) is 0 Å². The molecule has 1 saturated heterocycles. The fourth-order valence-corrected chi connectivity index (χ4v) is 5.63. The molecule has 178 valence electrons. The van der Waals surface area contributed by atoms with Crippen LogP contribution in [0.3, 0.4) is 0 Å². The minimum absolute atomic E-state index is 0.0519. The summed E-state index contributed by atoms with van der Waals surface area (Å²) in [5.74, 6) is -1.26. The van der Waals surface area contributed by atoms with Crippen LogP contribution in [0.15, 0.2) is 48.5 Å². The molecule has 2 aromatic carbocycles. The van der Waals surface area contributed by atoms with Gasteiger partial charge >= 0.3 is 5.97 Å². The molecule has 1 heterocycles. The van der Waals surface area contributed by atoms with Crippen LogP contribution in [-0.2, 0) is 26.0 Å². The van der Waals surface area contributed by atoms with Gasteiger partial charge in [-0.25, -0.2) is 17.5 Å². The number of sulfonamides is 1. The lowest BCUT2D eigenvalue weighted by Crippen LogP contribution is -2.44. The zero-order chi connectivity index (χ0) is 23.8. The van der Waals surface area contributed by atoms with Gasteiger partial charge in [-0.15, -0.1) is 0 Å². The Morgan fingerprint density at radius 2 is 1.94 bits per heavy atom. The molecule has 1 N–H and O–H groups in total. The molecule has 33 heavy (non-hydrogen) atoms. The standard InChI is InChI=1S/C24H29ClN2O5S/c1-2-32-24(29)21-16-20(12-13-22(21)25)26-23(28)19-11-6-14-27(17-19)33(30,31)15-7-10-18-8-4-3-5-9-18/h3-5,8-9,12-13,16,19H,2,6-7,10-11,14-15,17H2,1H3,(H,26,28).